The first-order chi connectivity index (χ1) is 14.1. The maximum absolute atomic E-state index is 14.6. The van der Waals surface area contributed by atoms with Gasteiger partial charge in [0.05, 0.1) is 18.2 Å². The molecular formula is C20H17ClF5NO3. The minimum atomic E-state index is -4.82. The van der Waals surface area contributed by atoms with Crippen molar-refractivity contribution in [1.82, 2.24) is 4.90 Å². The van der Waals surface area contributed by atoms with Crippen LogP contribution >= 0.6 is 11.6 Å². The van der Waals surface area contributed by atoms with Crippen LogP contribution in [0.15, 0.2) is 36.4 Å². The van der Waals surface area contributed by atoms with Gasteiger partial charge in [-0.25, -0.2) is 8.78 Å². The van der Waals surface area contributed by atoms with Crippen LogP contribution in [0.2, 0.25) is 0 Å². The van der Waals surface area contributed by atoms with Gasteiger partial charge in [-0.2, -0.15) is 0 Å². The van der Waals surface area contributed by atoms with E-state index in [1.165, 1.54) is 17.0 Å². The van der Waals surface area contributed by atoms with Crippen molar-refractivity contribution in [1.29, 1.82) is 0 Å². The van der Waals surface area contributed by atoms with Crippen LogP contribution in [-0.2, 0) is 11.3 Å². The zero-order valence-corrected chi connectivity index (χ0v) is 16.4. The zero-order chi connectivity index (χ0) is 22.1. The molecule has 0 saturated carbocycles. The molecule has 30 heavy (non-hydrogen) atoms. The molecule has 162 valence electrons. The SMILES string of the molecule is CCOc1cc(F)cc(F)c1[C@H]1C[C@H](Cl)C(=O)N1Cc1ccc(OC(F)(F)F)cc1. The minimum absolute atomic E-state index is 0.00627. The van der Waals surface area contributed by atoms with E-state index < -0.39 is 41.1 Å². The molecule has 0 aromatic heterocycles. The van der Waals surface area contributed by atoms with Crippen LogP contribution in [-0.4, -0.2) is 29.2 Å². The molecular weight excluding hydrogens is 433 g/mol. The number of nitrogens with zero attached hydrogens (tertiary/aromatic N) is 1. The second-order valence-corrected chi connectivity index (χ2v) is 7.14. The number of halogens is 6. The summed E-state index contributed by atoms with van der Waals surface area (Å²) in [5.74, 6) is -2.60. The van der Waals surface area contributed by atoms with Gasteiger partial charge in [0.25, 0.3) is 0 Å². The van der Waals surface area contributed by atoms with Gasteiger partial charge in [0, 0.05) is 18.7 Å². The number of ether oxygens (including phenoxy) is 2. The summed E-state index contributed by atoms with van der Waals surface area (Å²) in [6, 6.07) is 5.85. The zero-order valence-electron chi connectivity index (χ0n) is 15.7. The number of benzene rings is 2. The van der Waals surface area contributed by atoms with Crippen LogP contribution in [0.4, 0.5) is 22.0 Å². The average Bonchev–Trinajstić information content (AvgIpc) is 2.90. The molecule has 0 radical (unpaired) electrons. The Balaban J connectivity index is 1.89. The van der Waals surface area contributed by atoms with Crippen molar-refractivity contribution in [3.63, 3.8) is 0 Å². The fraction of sp³-hybridized carbons (Fsp3) is 0.350. The Bertz CT molecular complexity index is 920. The molecule has 1 aliphatic heterocycles. The van der Waals surface area contributed by atoms with Gasteiger partial charge in [-0.3, -0.25) is 4.79 Å². The molecule has 0 unspecified atom stereocenters. The standard InChI is InChI=1S/C20H17ClF5NO3/c1-2-29-17-8-12(22)7-15(23)18(17)16-9-14(21)19(28)27(16)10-11-3-5-13(6-4-11)30-20(24,25)26/h3-8,14,16H,2,9-10H2,1H3/t14-,16+/m0/s1. The molecule has 1 amide bonds. The van der Waals surface area contributed by atoms with Gasteiger partial charge in [0.1, 0.15) is 28.5 Å². The number of amides is 1. The van der Waals surface area contributed by atoms with Crippen molar-refractivity contribution in [3.05, 3.63) is 59.2 Å². The number of carbonyl (C=O) groups excluding carboxylic acids is 1. The van der Waals surface area contributed by atoms with Crippen LogP contribution in [0.3, 0.4) is 0 Å². The number of hydrogen-bond donors (Lipinski definition) is 0. The predicted octanol–water partition coefficient (Wildman–Crippen LogP) is 5.34. The van der Waals surface area contributed by atoms with Gasteiger partial charge in [-0.05, 0) is 31.0 Å². The molecule has 1 heterocycles. The molecule has 2 aromatic carbocycles. The van der Waals surface area contributed by atoms with Gasteiger partial charge in [0.15, 0.2) is 0 Å². The Morgan fingerprint density at radius 3 is 2.43 bits per heavy atom. The van der Waals surface area contributed by atoms with E-state index in [-0.39, 0.29) is 30.9 Å². The van der Waals surface area contributed by atoms with E-state index in [0.29, 0.717) is 11.6 Å². The first-order valence-corrected chi connectivity index (χ1v) is 9.43. The second-order valence-electron chi connectivity index (χ2n) is 6.61. The Morgan fingerprint density at radius 1 is 1.17 bits per heavy atom. The summed E-state index contributed by atoms with van der Waals surface area (Å²) in [4.78, 5) is 13.9. The molecule has 1 aliphatic rings. The van der Waals surface area contributed by atoms with Crippen LogP contribution in [0, 0.1) is 11.6 Å². The predicted molar refractivity (Wildman–Crippen MR) is 98.2 cm³/mol. The summed E-state index contributed by atoms with van der Waals surface area (Å²) in [6.45, 7) is 1.77. The molecule has 2 atom stereocenters. The maximum atomic E-state index is 14.6. The topological polar surface area (TPSA) is 38.8 Å². The van der Waals surface area contributed by atoms with Crippen molar-refractivity contribution in [2.24, 2.45) is 0 Å². The van der Waals surface area contributed by atoms with E-state index in [9.17, 15) is 26.7 Å². The van der Waals surface area contributed by atoms with Gasteiger partial charge in [-0.15, -0.1) is 24.8 Å². The molecule has 0 N–H and O–H groups in total. The Hall–Kier alpha value is -2.55. The number of carbonyl (C=O) groups is 1. The van der Waals surface area contributed by atoms with Crippen molar-refractivity contribution in [2.45, 2.75) is 37.7 Å². The fourth-order valence-corrected chi connectivity index (χ4v) is 3.67. The third kappa shape index (κ3) is 4.95. The van der Waals surface area contributed by atoms with E-state index in [0.717, 1.165) is 18.2 Å². The highest BCUT2D eigenvalue weighted by molar-refractivity contribution is 6.31. The van der Waals surface area contributed by atoms with Crippen molar-refractivity contribution in [3.8, 4) is 11.5 Å². The molecule has 0 spiro atoms. The Kier molecular flexibility index (Phi) is 6.40. The van der Waals surface area contributed by atoms with Crippen molar-refractivity contribution >= 4 is 17.5 Å². The number of hydrogen-bond acceptors (Lipinski definition) is 3. The molecule has 2 aromatic rings. The van der Waals surface area contributed by atoms with Gasteiger partial charge < -0.3 is 14.4 Å². The quantitative estimate of drug-likeness (QED) is 0.441. The molecule has 10 heteroatoms. The third-order valence-electron chi connectivity index (χ3n) is 4.56. The monoisotopic (exact) mass is 449 g/mol. The van der Waals surface area contributed by atoms with Gasteiger partial charge >= 0.3 is 6.36 Å². The normalized spacial score (nSPS) is 19.3. The van der Waals surface area contributed by atoms with E-state index in [2.05, 4.69) is 4.74 Å². The number of alkyl halides is 4. The first kappa shape index (κ1) is 22.1. The first-order valence-electron chi connectivity index (χ1n) is 9.00. The van der Waals surface area contributed by atoms with E-state index in [1.54, 1.807) is 6.92 Å². The largest absolute Gasteiger partial charge is 0.573 e. The van der Waals surface area contributed by atoms with Crippen LogP contribution < -0.4 is 9.47 Å². The van der Waals surface area contributed by atoms with Crippen LogP contribution in [0.5, 0.6) is 11.5 Å². The smallest absolute Gasteiger partial charge is 0.493 e. The fourth-order valence-electron chi connectivity index (χ4n) is 3.37. The van der Waals surface area contributed by atoms with Gasteiger partial charge in [-0.1, -0.05) is 12.1 Å². The van der Waals surface area contributed by atoms with Crippen molar-refractivity contribution in [2.75, 3.05) is 6.61 Å². The summed E-state index contributed by atoms with van der Waals surface area (Å²) in [6.07, 6.45) is -4.75. The molecule has 0 aliphatic carbocycles. The lowest BCUT2D eigenvalue weighted by atomic mass is 10.0. The van der Waals surface area contributed by atoms with E-state index >= 15 is 0 Å². The summed E-state index contributed by atoms with van der Waals surface area (Å²) < 4.78 is 74.4. The Morgan fingerprint density at radius 2 is 1.83 bits per heavy atom. The van der Waals surface area contributed by atoms with E-state index in [1.807, 2.05) is 0 Å². The molecule has 3 rings (SSSR count). The highest BCUT2D eigenvalue weighted by atomic mass is 35.5. The number of rotatable bonds is 6. The summed E-state index contributed by atoms with van der Waals surface area (Å²) >= 11 is 6.11. The van der Waals surface area contributed by atoms with Gasteiger partial charge in [0.2, 0.25) is 5.91 Å². The van der Waals surface area contributed by atoms with Crippen molar-refractivity contribution < 1.29 is 36.2 Å². The van der Waals surface area contributed by atoms with Crippen LogP contribution in [0.25, 0.3) is 0 Å². The maximum Gasteiger partial charge on any atom is 0.573 e. The minimum Gasteiger partial charge on any atom is -0.493 e. The summed E-state index contributed by atoms with van der Waals surface area (Å²) in [5.41, 5.74) is 0.487. The highest BCUT2D eigenvalue weighted by Crippen LogP contribution is 2.42. The molecule has 4 nitrogen and oxygen atoms in total. The summed E-state index contributed by atoms with van der Waals surface area (Å²) in [7, 11) is 0. The van der Waals surface area contributed by atoms with E-state index in [4.69, 9.17) is 16.3 Å². The lowest BCUT2D eigenvalue weighted by molar-refractivity contribution is -0.274. The highest BCUT2D eigenvalue weighted by Gasteiger charge is 2.42. The lowest BCUT2D eigenvalue weighted by Gasteiger charge is -2.27. The molecule has 1 saturated heterocycles. The Labute approximate surface area is 174 Å². The number of likely N-dealkylation sites (tertiary alicyclic amines) is 1. The second kappa shape index (κ2) is 8.67. The van der Waals surface area contributed by atoms with Crippen LogP contribution in [0.1, 0.15) is 30.5 Å². The lowest BCUT2D eigenvalue weighted by Crippen LogP contribution is -2.30. The average molecular weight is 450 g/mol. The molecule has 0 bridgehead atoms. The summed E-state index contributed by atoms with van der Waals surface area (Å²) in [5, 5.41) is -0.929. The third-order valence-corrected chi connectivity index (χ3v) is 4.92. The molecule has 1 fully saturated rings.